The topological polar surface area (TPSA) is 32.3 Å². The molecule has 1 aliphatic heterocycles. The Morgan fingerprint density at radius 3 is 2.52 bits per heavy atom. The van der Waals surface area contributed by atoms with Crippen molar-refractivity contribution in [1.82, 2.24) is 9.97 Å². The van der Waals surface area contributed by atoms with Crippen LogP contribution in [-0.4, -0.2) is 29.6 Å². The molecule has 1 fully saturated rings. The van der Waals surface area contributed by atoms with Crippen molar-refractivity contribution in [2.45, 2.75) is 39.5 Å². The number of aromatic nitrogens is 2. The summed E-state index contributed by atoms with van der Waals surface area (Å²) in [6, 6.07) is 10.7. The summed E-state index contributed by atoms with van der Waals surface area (Å²) in [4.78, 5) is 13.7. The quantitative estimate of drug-likeness (QED) is 0.841. The third-order valence-corrected chi connectivity index (χ3v) is 4.47. The molecular formula is C19H26N4. The van der Waals surface area contributed by atoms with Gasteiger partial charge in [-0.15, -0.1) is 0 Å². The lowest BCUT2D eigenvalue weighted by molar-refractivity contribution is 0.726. The molecule has 1 saturated heterocycles. The van der Waals surface area contributed by atoms with Crippen molar-refractivity contribution in [1.29, 1.82) is 0 Å². The summed E-state index contributed by atoms with van der Waals surface area (Å²) >= 11 is 0. The molecule has 4 heteroatoms. The molecule has 23 heavy (non-hydrogen) atoms. The zero-order valence-corrected chi connectivity index (χ0v) is 14.2. The van der Waals surface area contributed by atoms with Gasteiger partial charge < -0.3 is 9.80 Å². The molecule has 0 atom stereocenters. The lowest BCUT2D eigenvalue weighted by atomic mass is 10.2. The largest absolute Gasteiger partial charge is 0.356 e. The van der Waals surface area contributed by atoms with E-state index in [-0.39, 0.29) is 0 Å². The van der Waals surface area contributed by atoms with E-state index in [1.807, 2.05) is 0 Å². The van der Waals surface area contributed by atoms with Crippen molar-refractivity contribution in [2.75, 3.05) is 29.4 Å². The zero-order valence-electron chi connectivity index (χ0n) is 14.2. The minimum Gasteiger partial charge on any atom is -0.356 e. The van der Waals surface area contributed by atoms with Gasteiger partial charge in [0, 0.05) is 31.4 Å². The molecule has 0 bridgehead atoms. The number of benzene rings is 1. The SMILES string of the molecule is CCN(c1cccc(C)c1)c1cc(N2CCCCCC2)ncn1. The molecule has 4 nitrogen and oxygen atoms in total. The molecule has 0 spiro atoms. The van der Waals surface area contributed by atoms with Gasteiger partial charge in [-0.1, -0.05) is 25.0 Å². The van der Waals surface area contributed by atoms with Crippen LogP contribution in [0.5, 0.6) is 0 Å². The first kappa shape index (κ1) is 15.8. The van der Waals surface area contributed by atoms with Gasteiger partial charge in [0.05, 0.1) is 0 Å². The third kappa shape index (κ3) is 3.81. The number of nitrogens with zero attached hydrogens (tertiary/aromatic N) is 4. The number of aryl methyl sites for hydroxylation is 1. The van der Waals surface area contributed by atoms with Crippen molar-refractivity contribution in [2.24, 2.45) is 0 Å². The van der Waals surface area contributed by atoms with Crippen LogP contribution in [0.15, 0.2) is 36.7 Å². The number of rotatable bonds is 4. The average Bonchev–Trinajstić information content (AvgIpc) is 2.85. The van der Waals surface area contributed by atoms with Crippen LogP contribution in [0.3, 0.4) is 0 Å². The fourth-order valence-electron chi connectivity index (χ4n) is 3.23. The van der Waals surface area contributed by atoms with Crippen molar-refractivity contribution in [3.05, 3.63) is 42.2 Å². The Morgan fingerprint density at radius 2 is 1.83 bits per heavy atom. The first-order valence-electron chi connectivity index (χ1n) is 8.69. The van der Waals surface area contributed by atoms with Gasteiger partial charge in [-0.3, -0.25) is 0 Å². The molecule has 0 N–H and O–H groups in total. The summed E-state index contributed by atoms with van der Waals surface area (Å²) in [6.45, 7) is 7.38. The second-order valence-corrected chi connectivity index (χ2v) is 6.22. The average molecular weight is 310 g/mol. The second-order valence-electron chi connectivity index (χ2n) is 6.22. The highest BCUT2D eigenvalue weighted by Crippen LogP contribution is 2.27. The van der Waals surface area contributed by atoms with Crippen molar-refractivity contribution in [3.63, 3.8) is 0 Å². The van der Waals surface area contributed by atoms with Crippen molar-refractivity contribution < 1.29 is 0 Å². The van der Waals surface area contributed by atoms with E-state index in [2.05, 4.69) is 63.9 Å². The molecule has 1 aliphatic rings. The number of hydrogen-bond donors (Lipinski definition) is 0. The van der Waals surface area contributed by atoms with Gasteiger partial charge in [-0.05, 0) is 44.4 Å². The highest BCUT2D eigenvalue weighted by Gasteiger charge is 2.14. The van der Waals surface area contributed by atoms with Gasteiger partial charge in [0.15, 0.2) is 0 Å². The lowest BCUT2D eigenvalue weighted by Gasteiger charge is -2.25. The molecule has 0 radical (unpaired) electrons. The van der Waals surface area contributed by atoms with Crippen LogP contribution >= 0.6 is 0 Å². The summed E-state index contributed by atoms with van der Waals surface area (Å²) in [5.41, 5.74) is 2.45. The molecule has 122 valence electrons. The van der Waals surface area contributed by atoms with E-state index >= 15 is 0 Å². The monoisotopic (exact) mass is 310 g/mol. The van der Waals surface area contributed by atoms with Gasteiger partial charge in [-0.25, -0.2) is 9.97 Å². The fourth-order valence-corrected chi connectivity index (χ4v) is 3.23. The maximum absolute atomic E-state index is 4.52. The molecule has 1 aromatic carbocycles. The van der Waals surface area contributed by atoms with Crippen LogP contribution in [0.4, 0.5) is 17.3 Å². The Bertz CT molecular complexity index is 633. The Labute approximate surface area is 139 Å². The molecule has 0 amide bonds. The lowest BCUT2D eigenvalue weighted by Crippen LogP contribution is -2.26. The normalized spacial score (nSPS) is 15.3. The summed E-state index contributed by atoms with van der Waals surface area (Å²) in [7, 11) is 0. The smallest absolute Gasteiger partial charge is 0.138 e. The predicted octanol–water partition coefficient (Wildman–Crippen LogP) is 4.32. The van der Waals surface area contributed by atoms with Gasteiger partial charge in [0.1, 0.15) is 18.0 Å². The minimum absolute atomic E-state index is 0.889. The van der Waals surface area contributed by atoms with E-state index in [4.69, 9.17) is 0 Å². The highest BCUT2D eigenvalue weighted by molar-refractivity contribution is 5.63. The maximum atomic E-state index is 4.52. The molecule has 0 aliphatic carbocycles. The van der Waals surface area contributed by atoms with Gasteiger partial charge in [0.25, 0.3) is 0 Å². The Balaban J connectivity index is 1.87. The first-order chi connectivity index (χ1) is 11.3. The van der Waals surface area contributed by atoms with E-state index in [1.165, 1.54) is 36.9 Å². The fraction of sp³-hybridized carbons (Fsp3) is 0.474. The van der Waals surface area contributed by atoms with Gasteiger partial charge in [-0.2, -0.15) is 0 Å². The first-order valence-corrected chi connectivity index (χ1v) is 8.69. The van der Waals surface area contributed by atoms with Crippen LogP contribution in [0.25, 0.3) is 0 Å². The Kier molecular flexibility index (Phi) is 5.11. The maximum Gasteiger partial charge on any atom is 0.138 e. The minimum atomic E-state index is 0.889. The van der Waals surface area contributed by atoms with E-state index in [0.29, 0.717) is 0 Å². The van der Waals surface area contributed by atoms with Gasteiger partial charge >= 0.3 is 0 Å². The van der Waals surface area contributed by atoms with E-state index < -0.39 is 0 Å². The Hall–Kier alpha value is -2.10. The van der Waals surface area contributed by atoms with Crippen LogP contribution in [0, 0.1) is 6.92 Å². The van der Waals surface area contributed by atoms with E-state index in [0.717, 1.165) is 31.3 Å². The number of anilines is 3. The summed E-state index contributed by atoms with van der Waals surface area (Å²) in [5, 5.41) is 0. The molecule has 1 aromatic heterocycles. The standard InChI is InChI=1S/C19H26N4/c1-3-23(17-10-8-9-16(2)13-17)19-14-18(20-15-21-19)22-11-6-4-5-7-12-22/h8-10,13-15H,3-7,11-12H2,1-2H3. The molecular weight excluding hydrogens is 284 g/mol. The van der Waals surface area contributed by atoms with Crippen LogP contribution in [0.1, 0.15) is 38.2 Å². The third-order valence-electron chi connectivity index (χ3n) is 4.47. The van der Waals surface area contributed by atoms with Gasteiger partial charge in [0.2, 0.25) is 0 Å². The predicted molar refractivity (Wildman–Crippen MR) is 96.6 cm³/mol. The molecule has 0 saturated carbocycles. The summed E-state index contributed by atoms with van der Waals surface area (Å²) < 4.78 is 0. The van der Waals surface area contributed by atoms with Crippen LogP contribution in [0.2, 0.25) is 0 Å². The number of hydrogen-bond acceptors (Lipinski definition) is 4. The molecule has 2 heterocycles. The molecule has 3 rings (SSSR count). The highest BCUT2D eigenvalue weighted by atomic mass is 15.2. The van der Waals surface area contributed by atoms with E-state index in [1.54, 1.807) is 6.33 Å². The van der Waals surface area contributed by atoms with Crippen LogP contribution < -0.4 is 9.80 Å². The van der Waals surface area contributed by atoms with Crippen molar-refractivity contribution in [3.8, 4) is 0 Å². The Morgan fingerprint density at radius 1 is 1.04 bits per heavy atom. The summed E-state index contributed by atoms with van der Waals surface area (Å²) in [5.74, 6) is 2.04. The molecule has 2 aromatic rings. The van der Waals surface area contributed by atoms with E-state index in [9.17, 15) is 0 Å². The second kappa shape index (κ2) is 7.44. The summed E-state index contributed by atoms with van der Waals surface area (Å²) in [6.07, 6.45) is 6.88. The van der Waals surface area contributed by atoms with Crippen LogP contribution in [-0.2, 0) is 0 Å². The molecule has 0 unspecified atom stereocenters. The van der Waals surface area contributed by atoms with Crippen molar-refractivity contribution >= 4 is 17.3 Å². The zero-order chi connectivity index (χ0) is 16.1.